The number of allylic oxidation sites excluding steroid dienone is 1. The lowest BCUT2D eigenvalue weighted by Crippen LogP contribution is -2.46. The van der Waals surface area contributed by atoms with Gasteiger partial charge in [-0.15, -0.1) is 0 Å². The molecule has 1 aromatic carbocycles. The first-order valence-corrected chi connectivity index (χ1v) is 12.0. The molecule has 1 unspecified atom stereocenters. The van der Waals surface area contributed by atoms with Crippen LogP contribution in [0.2, 0.25) is 0 Å². The predicted molar refractivity (Wildman–Crippen MR) is 123 cm³/mol. The number of nitrogens with zero attached hydrogens (tertiary/aromatic N) is 1. The van der Waals surface area contributed by atoms with Crippen molar-refractivity contribution in [2.75, 3.05) is 0 Å². The Morgan fingerprint density at radius 1 is 1.12 bits per heavy atom. The molecule has 0 bridgehead atoms. The second-order valence-corrected chi connectivity index (χ2v) is 10.0. The Kier molecular flexibility index (Phi) is 6.00. The molecule has 2 N–H and O–H groups in total. The van der Waals surface area contributed by atoms with Crippen LogP contribution >= 0.6 is 0 Å². The summed E-state index contributed by atoms with van der Waals surface area (Å²) in [7, 11) is 0. The number of esters is 1. The Morgan fingerprint density at radius 3 is 2.68 bits per heavy atom. The molecule has 180 valence electrons. The second-order valence-electron chi connectivity index (χ2n) is 10.0. The van der Waals surface area contributed by atoms with Crippen molar-refractivity contribution in [2.24, 2.45) is 35.3 Å². The number of benzene rings is 1. The number of pyridine rings is 1. The van der Waals surface area contributed by atoms with Crippen LogP contribution in [0.4, 0.5) is 13.2 Å². The fraction of sp³-hybridized carbons (Fsp3) is 0.481. The zero-order chi connectivity index (χ0) is 24.0. The number of ether oxygens (including phenoxy) is 1. The number of cyclic esters (lactones) is 1. The normalized spacial score (nSPS) is 33.4. The van der Waals surface area contributed by atoms with Gasteiger partial charge < -0.3 is 10.5 Å². The fourth-order valence-corrected chi connectivity index (χ4v) is 6.41. The van der Waals surface area contributed by atoms with Crippen LogP contribution in [0.25, 0.3) is 17.2 Å². The number of hydrogen-bond acceptors (Lipinski definition) is 4. The van der Waals surface area contributed by atoms with E-state index in [1.165, 1.54) is 6.07 Å². The first-order chi connectivity index (χ1) is 16.2. The van der Waals surface area contributed by atoms with Crippen molar-refractivity contribution >= 4 is 12.0 Å². The van der Waals surface area contributed by atoms with Gasteiger partial charge in [-0.1, -0.05) is 24.3 Å². The molecule has 1 aromatic heterocycles. The van der Waals surface area contributed by atoms with E-state index in [0.717, 1.165) is 43.5 Å². The smallest absolute Gasteiger partial charge is 0.416 e. The van der Waals surface area contributed by atoms with Crippen LogP contribution in [0, 0.1) is 29.6 Å². The molecule has 2 saturated carbocycles. The van der Waals surface area contributed by atoms with E-state index in [4.69, 9.17) is 10.5 Å². The molecule has 0 radical (unpaired) electrons. The topological polar surface area (TPSA) is 65.2 Å². The summed E-state index contributed by atoms with van der Waals surface area (Å²) in [4.78, 5) is 17.0. The Morgan fingerprint density at radius 2 is 1.94 bits per heavy atom. The largest absolute Gasteiger partial charge is 0.462 e. The molecule has 3 aliphatic rings. The monoisotopic (exact) mass is 470 g/mol. The third-order valence-electron chi connectivity index (χ3n) is 7.99. The second kappa shape index (κ2) is 8.84. The summed E-state index contributed by atoms with van der Waals surface area (Å²) in [5.74, 6) is 1.10. The van der Waals surface area contributed by atoms with E-state index in [9.17, 15) is 18.0 Å². The highest BCUT2D eigenvalue weighted by molar-refractivity contribution is 5.75. The zero-order valence-electron chi connectivity index (χ0n) is 19.0. The third kappa shape index (κ3) is 4.38. The van der Waals surface area contributed by atoms with Crippen molar-refractivity contribution in [1.29, 1.82) is 0 Å². The van der Waals surface area contributed by atoms with Gasteiger partial charge in [-0.25, -0.2) is 0 Å². The lowest BCUT2D eigenvalue weighted by molar-refractivity contribution is -0.144. The number of nitrogens with two attached hydrogens (primary N) is 1. The van der Waals surface area contributed by atoms with Crippen molar-refractivity contribution < 1.29 is 22.7 Å². The number of alkyl halides is 3. The Labute approximate surface area is 197 Å². The molecule has 0 amide bonds. The molecule has 1 saturated heterocycles. The summed E-state index contributed by atoms with van der Waals surface area (Å²) in [5, 5.41) is 0. The number of fused-ring (bicyclic) bond motifs is 2. The standard InChI is InChI=1S/C27H29F3N2O2/c1-15-25-23(22-9-6-20(31)12-18(22)13-24(25)26(33)34-15)10-8-21-7-5-17(14-32-21)16-3-2-4-19(11-16)27(28,29)30/h2-5,7-8,10-11,14-15,18,20,22-25H,6,9,12-13,31H2,1H3/b10-8+/t15-,18+,20+,22-,23?,24-,25+/m1/s1. The zero-order valence-corrected chi connectivity index (χ0v) is 19.0. The van der Waals surface area contributed by atoms with Crippen LogP contribution in [0.3, 0.4) is 0 Å². The number of carbonyl (C=O) groups excluding carboxylic acids is 1. The first-order valence-electron chi connectivity index (χ1n) is 12.0. The minimum atomic E-state index is -4.38. The van der Waals surface area contributed by atoms with Crippen molar-refractivity contribution in [1.82, 2.24) is 4.98 Å². The minimum Gasteiger partial charge on any atom is -0.462 e. The van der Waals surface area contributed by atoms with Gasteiger partial charge in [-0.05, 0) is 80.2 Å². The average molecular weight is 471 g/mol. The maximum absolute atomic E-state index is 13.0. The predicted octanol–water partition coefficient (Wildman–Crippen LogP) is 5.72. The molecule has 2 heterocycles. The average Bonchev–Trinajstić information content (AvgIpc) is 3.09. The van der Waals surface area contributed by atoms with Crippen molar-refractivity contribution in [3.05, 3.63) is 59.9 Å². The summed E-state index contributed by atoms with van der Waals surface area (Å²) in [6.45, 7) is 1.99. The van der Waals surface area contributed by atoms with Crippen LogP contribution in [-0.4, -0.2) is 23.1 Å². The molecule has 1 aliphatic heterocycles. The number of aromatic nitrogens is 1. The molecule has 2 aliphatic carbocycles. The molecule has 5 rings (SSSR count). The lowest BCUT2D eigenvalue weighted by Gasteiger charge is -2.47. The van der Waals surface area contributed by atoms with E-state index in [0.29, 0.717) is 23.0 Å². The SMILES string of the molecule is C[C@H]1OC(=O)[C@@H]2C[C@@H]3C[C@@H](N)CC[C@H]3C(/C=C/c3ccc(-c4cccc(C(F)(F)F)c4)cn3)[C@H]12. The highest BCUT2D eigenvalue weighted by atomic mass is 19.4. The highest BCUT2D eigenvalue weighted by Crippen LogP contribution is 2.53. The van der Waals surface area contributed by atoms with Gasteiger partial charge in [0, 0.05) is 23.7 Å². The Balaban J connectivity index is 1.38. The van der Waals surface area contributed by atoms with Crippen LogP contribution in [0.1, 0.15) is 43.9 Å². The molecular formula is C27H29F3N2O2. The minimum absolute atomic E-state index is 0.0764. The fourth-order valence-electron chi connectivity index (χ4n) is 6.41. The van der Waals surface area contributed by atoms with Gasteiger partial charge in [0.1, 0.15) is 6.10 Å². The lowest BCUT2D eigenvalue weighted by atomic mass is 9.57. The molecule has 34 heavy (non-hydrogen) atoms. The van der Waals surface area contributed by atoms with Gasteiger partial charge in [0.2, 0.25) is 0 Å². The number of carbonyl (C=O) groups is 1. The summed E-state index contributed by atoms with van der Waals surface area (Å²) in [6, 6.07) is 9.07. The van der Waals surface area contributed by atoms with Gasteiger partial charge in [-0.2, -0.15) is 13.2 Å². The van der Waals surface area contributed by atoms with E-state index >= 15 is 0 Å². The van der Waals surface area contributed by atoms with Gasteiger partial charge in [0.25, 0.3) is 0 Å². The van der Waals surface area contributed by atoms with Gasteiger partial charge in [0.15, 0.2) is 0 Å². The van der Waals surface area contributed by atoms with E-state index in [-0.39, 0.29) is 35.9 Å². The van der Waals surface area contributed by atoms with Crippen LogP contribution in [-0.2, 0) is 15.7 Å². The third-order valence-corrected chi connectivity index (χ3v) is 7.99. The number of rotatable bonds is 3. The molecule has 4 nitrogen and oxygen atoms in total. The van der Waals surface area contributed by atoms with Gasteiger partial charge in [-0.3, -0.25) is 9.78 Å². The Hall–Kier alpha value is -2.67. The van der Waals surface area contributed by atoms with Gasteiger partial charge in [0.05, 0.1) is 17.2 Å². The van der Waals surface area contributed by atoms with Crippen LogP contribution < -0.4 is 5.73 Å². The summed E-state index contributed by atoms with van der Waals surface area (Å²) < 4.78 is 44.8. The number of hydrogen-bond donors (Lipinski definition) is 1. The summed E-state index contributed by atoms with van der Waals surface area (Å²) in [5.41, 5.74) is 7.41. The maximum atomic E-state index is 13.0. The van der Waals surface area contributed by atoms with Gasteiger partial charge >= 0.3 is 12.1 Å². The molecule has 7 heteroatoms. The first kappa shape index (κ1) is 23.1. The van der Waals surface area contributed by atoms with Crippen LogP contribution in [0.5, 0.6) is 0 Å². The van der Waals surface area contributed by atoms with E-state index in [1.54, 1.807) is 18.3 Å². The highest BCUT2D eigenvalue weighted by Gasteiger charge is 2.54. The van der Waals surface area contributed by atoms with Crippen LogP contribution in [0.15, 0.2) is 48.7 Å². The molecule has 3 fully saturated rings. The van der Waals surface area contributed by atoms with Crippen molar-refractivity contribution in [3.63, 3.8) is 0 Å². The van der Waals surface area contributed by atoms with Crippen molar-refractivity contribution in [2.45, 2.75) is 50.9 Å². The van der Waals surface area contributed by atoms with E-state index in [1.807, 2.05) is 19.1 Å². The molecular weight excluding hydrogens is 441 g/mol. The molecule has 7 atom stereocenters. The Bertz CT molecular complexity index is 1080. The van der Waals surface area contributed by atoms with E-state index in [2.05, 4.69) is 11.1 Å². The van der Waals surface area contributed by atoms with E-state index < -0.39 is 11.7 Å². The number of halogens is 3. The summed E-state index contributed by atoms with van der Waals surface area (Å²) >= 11 is 0. The molecule has 0 spiro atoms. The maximum Gasteiger partial charge on any atom is 0.416 e. The quantitative estimate of drug-likeness (QED) is 0.583. The summed E-state index contributed by atoms with van der Waals surface area (Å²) in [6.07, 6.45) is 5.12. The molecule has 2 aromatic rings. The van der Waals surface area contributed by atoms with Crippen molar-refractivity contribution in [3.8, 4) is 11.1 Å².